The van der Waals surface area contributed by atoms with E-state index in [9.17, 15) is 0 Å². The highest BCUT2D eigenvalue weighted by atomic mass is 79.9. The molecule has 0 aliphatic carbocycles. The van der Waals surface area contributed by atoms with E-state index in [-0.39, 0.29) is 0 Å². The van der Waals surface area contributed by atoms with Gasteiger partial charge in [0.1, 0.15) is 0 Å². The van der Waals surface area contributed by atoms with Crippen LogP contribution in [0.1, 0.15) is 19.3 Å². The van der Waals surface area contributed by atoms with Crippen molar-refractivity contribution in [2.45, 2.75) is 19.3 Å². The van der Waals surface area contributed by atoms with Crippen LogP contribution in [-0.2, 0) is 0 Å². The number of hydrogen-bond donors (Lipinski definition) is 1. The number of rotatable bonds is 2. The third kappa shape index (κ3) is 3.16. The first-order valence-electron chi connectivity index (χ1n) is 5.08. The Bertz CT molecular complexity index is 337. The van der Waals surface area contributed by atoms with E-state index in [0.29, 0.717) is 0 Å². The molecule has 0 saturated carbocycles. The molecule has 0 radical (unpaired) electrons. The second-order valence-electron chi connectivity index (χ2n) is 3.64. The maximum atomic E-state index is 4.33. The number of nitrogens with one attached hydrogen (secondary N) is 1. The van der Waals surface area contributed by atoms with E-state index in [1.807, 2.05) is 6.07 Å². The number of halogens is 2. The molecule has 2 rings (SSSR count). The standard InChI is InChI=1S/C10H13Br2N3/c11-8-6-9(12)10(13-7-8)14-15-4-2-1-3-5-15/h6-7H,1-5H2,(H,13,14). The Kier molecular flexibility index (Phi) is 3.99. The van der Waals surface area contributed by atoms with Crippen molar-refractivity contribution in [3.05, 3.63) is 21.2 Å². The molecule has 2 heterocycles. The zero-order valence-electron chi connectivity index (χ0n) is 8.34. The van der Waals surface area contributed by atoms with Gasteiger partial charge >= 0.3 is 0 Å². The average Bonchev–Trinajstić information content (AvgIpc) is 2.24. The first-order chi connectivity index (χ1) is 7.25. The van der Waals surface area contributed by atoms with Crippen LogP contribution in [0, 0.1) is 0 Å². The number of piperidine rings is 1. The Labute approximate surface area is 106 Å². The largest absolute Gasteiger partial charge is 0.302 e. The maximum absolute atomic E-state index is 4.33. The van der Waals surface area contributed by atoms with Crippen LogP contribution in [0.15, 0.2) is 21.2 Å². The summed E-state index contributed by atoms with van der Waals surface area (Å²) in [4.78, 5) is 4.33. The number of aromatic nitrogens is 1. The summed E-state index contributed by atoms with van der Waals surface area (Å²) in [6, 6.07) is 2.00. The minimum Gasteiger partial charge on any atom is -0.302 e. The van der Waals surface area contributed by atoms with Gasteiger partial charge in [-0.05, 0) is 50.8 Å². The fraction of sp³-hybridized carbons (Fsp3) is 0.500. The summed E-state index contributed by atoms with van der Waals surface area (Å²) in [6.07, 6.45) is 5.67. The zero-order valence-corrected chi connectivity index (χ0v) is 11.5. The molecule has 0 spiro atoms. The normalized spacial score (nSPS) is 17.7. The van der Waals surface area contributed by atoms with E-state index < -0.39 is 0 Å². The second kappa shape index (κ2) is 5.27. The Hall–Kier alpha value is -0.130. The highest BCUT2D eigenvalue weighted by Gasteiger charge is 2.11. The van der Waals surface area contributed by atoms with Crippen LogP contribution >= 0.6 is 31.9 Å². The van der Waals surface area contributed by atoms with Gasteiger partial charge in [0, 0.05) is 23.8 Å². The lowest BCUT2D eigenvalue weighted by atomic mass is 10.2. The van der Waals surface area contributed by atoms with Gasteiger partial charge in [0.2, 0.25) is 0 Å². The smallest absolute Gasteiger partial charge is 0.154 e. The highest BCUT2D eigenvalue weighted by Crippen LogP contribution is 2.24. The van der Waals surface area contributed by atoms with E-state index in [1.165, 1.54) is 19.3 Å². The number of hydrazine groups is 1. The molecule has 1 aromatic rings. The third-order valence-corrected chi connectivity index (χ3v) is 3.47. The van der Waals surface area contributed by atoms with E-state index in [0.717, 1.165) is 27.9 Å². The molecule has 1 aromatic heterocycles. The van der Waals surface area contributed by atoms with Gasteiger partial charge in [0.05, 0.1) is 4.47 Å². The minimum absolute atomic E-state index is 0.889. The Morgan fingerprint density at radius 3 is 2.60 bits per heavy atom. The predicted molar refractivity (Wildman–Crippen MR) is 68.7 cm³/mol. The van der Waals surface area contributed by atoms with E-state index in [2.05, 4.69) is 47.3 Å². The third-order valence-electron chi connectivity index (χ3n) is 2.43. The number of anilines is 1. The van der Waals surface area contributed by atoms with Crippen molar-refractivity contribution in [3.8, 4) is 0 Å². The lowest BCUT2D eigenvalue weighted by molar-refractivity contribution is 0.272. The molecule has 3 nitrogen and oxygen atoms in total. The minimum atomic E-state index is 0.889. The molecule has 0 amide bonds. The first-order valence-corrected chi connectivity index (χ1v) is 6.67. The molecule has 0 atom stereocenters. The summed E-state index contributed by atoms with van der Waals surface area (Å²) >= 11 is 6.88. The van der Waals surface area contributed by atoms with Crippen molar-refractivity contribution in [3.63, 3.8) is 0 Å². The molecule has 1 aliphatic heterocycles. The summed E-state index contributed by atoms with van der Waals surface area (Å²) < 4.78 is 1.97. The molecule has 1 aliphatic rings. The van der Waals surface area contributed by atoms with Gasteiger partial charge < -0.3 is 5.43 Å². The fourth-order valence-electron chi connectivity index (χ4n) is 1.65. The van der Waals surface area contributed by atoms with Crippen molar-refractivity contribution < 1.29 is 0 Å². The number of nitrogens with zero attached hydrogens (tertiary/aromatic N) is 2. The quantitative estimate of drug-likeness (QED) is 0.898. The number of pyridine rings is 1. The van der Waals surface area contributed by atoms with Crippen LogP contribution < -0.4 is 5.43 Å². The fourth-order valence-corrected chi connectivity index (χ4v) is 2.73. The topological polar surface area (TPSA) is 28.2 Å². The van der Waals surface area contributed by atoms with Gasteiger partial charge in [0.15, 0.2) is 5.82 Å². The summed E-state index contributed by atoms with van der Waals surface area (Å²) in [5, 5.41) is 2.23. The van der Waals surface area contributed by atoms with Crippen LogP contribution in [-0.4, -0.2) is 23.1 Å². The summed E-state index contributed by atoms with van der Waals surface area (Å²) in [5.41, 5.74) is 3.33. The van der Waals surface area contributed by atoms with Crippen molar-refractivity contribution in [1.82, 2.24) is 9.99 Å². The van der Waals surface area contributed by atoms with Gasteiger partial charge in [-0.15, -0.1) is 0 Å². The van der Waals surface area contributed by atoms with Crippen LogP contribution in [0.3, 0.4) is 0 Å². The SMILES string of the molecule is Brc1cnc(NN2CCCCC2)c(Br)c1. The molecule has 82 valence electrons. The molecule has 5 heteroatoms. The first kappa shape index (κ1) is 11.4. The van der Waals surface area contributed by atoms with Crippen LogP contribution in [0.4, 0.5) is 5.82 Å². The van der Waals surface area contributed by atoms with Crippen molar-refractivity contribution in [1.29, 1.82) is 0 Å². The molecule has 1 N–H and O–H groups in total. The molecular weight excluding hydrogens is 322 g/mol. The maximum Gasteiger partial charge on any atom is 0.154 e. The summed E-state index contributed by atoms with van der Waals surface area (Å²) in [6.45, 7) is 2.20. The Balaban J connectivity index is 2.03. The van der Waals surface area contributed by atoms with E-state index in [1.54, 1.807) is 6.20 Å². The van der Waals surface area contributed by atoms with Gasteiger partial charge in [-0.3, -0.25) is 0 Å². The lowest BCUT2D eigenvalue weighted by Crippen LogP contribution is -2.35. The van der Waals surface area contributed by atoms with Gasteiger partial charge in [0.25, 0.3) is 0 Å². The van der Waals surface area contributed by atoms with Gasteiger partial charge in [-0.2, -0.15) is 0 Å². The molecule has 1 saturated heterocycles. The molecule has 1 fully saturated rings. The van der Waals surface area contributed by atoms with Crippen molar-refractivity contribution in [2.75, 3.05) is 18.5 Å². The Morgan fingerprint density at radius 2 is 1.93 bits per heavy atom. The number of hydrogen-bond acceptors (Lipinski definition) is 3. The van der Waals surface area contributed by atoms with Gasteiger partial charge in [-0.25, -0.2) is 9.99 Å². The van der Waals surface area contributed by atoms with Crippen LogP contribution in [0.25, 0.3) is 0 Å². The summed E-state index contributed by atoms with van der Waals surface area (Å²) in [5.74, 6) is 0.889. The van der Waals surface area contributed by atoms with E-state index >= 15 is 0 Å². The van der Waals surface area contributed by atoms with Crippen LogP contribution in [0.5, 0.6) is 0 Å². The van der Waals surface area contributed by atoms with Crippen LogP contribution in [0.2, 0.25) is 0 Å². The van der Waals surface area contributed by atoms with E-state index in [4.69, 9.17) is 0 Å². The molecule has 15 heavy (non-hydrogen) atoms. The molecule has 0 unspecified atom stereocenters. The molecule has 0 bridgehead atoms. The van der Waals surface area contributed by atoms with Crippen molar-refractivity contribution >= 4 is 37.7 Å². The summed E-state index contributed by atoms with van der Waals surface area (Å²) in [7, 11) is 0. The van der Waals surface area contributed by atoms with Crippen molar-refractivity contribution in [2.24, 2.45) is 0 Å². The Morgan fingerprint density at radius 1 is 1.20 bits per heavy atom. The average molecular weight is 335 g/mol. The monoisotopic (exact) mass is 333 g/mol. The second-order valence-corrected chi connectivity index (χ2v) is 5.41. The predicted octanol–water partition coefficient (Wildman–Crippen LogP) is 3.42. The lowest BCUT2D eigenvalue weighted by Gasteiger charge is -2.27. The molecule has 0 aromatic carbocycles. The zero-order chi connectivity index (χ0) is 10.7. The molecular formula is C10H13Br2N3. The van der Waals surface area contributed by atoms with Gasteiger partial charge in [-0.1, -0.05) is 6.42 Å². The highest BCUT2D eigenvalue weighted by molar-refractivity contribution is 9.11.